The van der Waals surface area contributed by atoms with Gasteiger partial charge in [-0.2, -0.15) is 0 Å². The van der Waals surface area contributed by atoms with Crippen LogP contribution in [0.5, 0.6) is 0 Å². The number of rotatable bonds is 5. The molecule has 0 unspecified atom stereocenters. The monoisotopic (exact) mass is 336 g/mol. The summed E-state index contributed by atoms with van der Waals surface area (Å²) in [4.78, 5) is 21.2. The number of carbonyl (C=O) groups is 1. The number of para-hydroxylation sites is 1. The van der Waals surface area contributed by atoms with Gasteiger partial charge in [-0.1, -0.05) is 18.2 Å². The van der Waals surface area contributed by atoms with Crippen molar-refractivity contribution < 1.29 is 9.21 Å². The third-order valence-corrected chi connectivity index (χ3v) is 3.81. The fraction of sp³-hybridized carbons (Fsp3) is 0.211. The van der Waals surface area contributed by atoms with E-state index in [0.29, 0.717) is 23.9 Å². The van der Waals surface area contributed by atoms with E-state index in [2.05, 4.69) is 20.6 Å². The molecule has 0 fully saturated rings. The molecule has 0 atom stereocenters. The third-order valence-electron chi connectivity index (χ3n) is 3.81. The first-order chi connectivity index (χ1) is 12.0. The van der Waals surface area contributed by atoms with Crippen LogP contribution in [0.25, 0.3) is 0 Å². The van der Waals surface area contributed by atoms with E-state index in [-0.39, 0.29) is 5.91 Å². The van der Waals surface area contributed by atoms with Gasteiger partial charge < -0.3 is 15.1 Å². The molecular weight excluding hydrogens is 316 g/mol. The van der Waals surface area contributed by atoms with Gasteiger partial charge in [0.15, 0.2) is 0 Å². The summed E-state index contributed by atoms with van der Waals surface area (Å²) in [6.07, 6.45) is 1.61. The largest absolute Gasteiger partial charge is 0.467 e. The molecule has 0 aliphatic carbocycles. The van der Waals surface area contributed by atoms with Gasteiger partial charge >= 0.3 is 0 Å². The molecule has 0 aliphatic rings. The van der Waals surface area contributed by atoms with Crippen LogP contribution in [-0.2, 0) is 6.54 Å². The maximum atomic E-state index is 12.6. The minimum Gasteiger partial charge on any atom is -0.467 e. The zero-order valence-corrected chi connectivity index (χ0v) is 14.5. The lowest BCUT2D eigenvalue weighted by Crippen LogP contribution is -2.17. The van der Waals surface area contributed by atoms with Crippen molar-refractivity contribution in [3.8, 4) is 0 Å². The number of aryl methyl sites for hydroxylation is 3. The maximum absolute atomic E-state index is 12.6. The smallest absolute Gasteiger partial charge is 0.274 e. The second-order valence-corrected chi connectivity index (χ2v) is 5.87. The summed E-state index contributed by atoms with van der Waals surface area (Å²) >= 11 is 0. The average Bonchev–Trinajstić information content (AvgIpc) is 3.09. The second-order valence-electron chi connectivity index (χ2n) is 5.87. The third kappa shape index (κ3) is 4.03. The first-order valence-electron chi connectivity index (χ1n) is 8.02. The van der Waals surface area contributed by atoms with Crippen molar-refractivity contribution in [2.45, 2.75) is 27.3 Å². The molecule has 0 saturated heterocycles. The Morgan fingerprint density at radius 1 is 1.08 bits per heavy atom. The zero-order chi connectivity index (χ0) is 17.8. The fourth-order valence-corrected chi connectivity index (χ4v) is 2.53. The van der Waals surface area contributed by atoms with Crippen LogP contribution in [0.15, 0.2) is 47.1 Å². The molecule has 25 heavy (non-hydrogen) atoms. The number of furan rings is 1. The van der Waals surface area contributed by atoms with E-state index in [1.54, 1.807) is 12.3 Å². The molecule has 3 rings (SSSR count). The van der Waals surface area contributed by atoms with Gasteiger partial charge in [0.05, 0.1) is 12.8 Å². The molecular formula is C19H20N4O2. The van der Waals surface area contributed by atoms with Crippen LogP contribution in [0.2, 0.25) is 0 Å². The molecule has 0 radical (unpaired) electrons. The quantitative estimate of drug-likeness (QED) is 0.739. The van der Waals surface area contributed by atoms with E-state index < -0.39 is 0 Å². The van der Waals surface area contributed by atoms with Crippen LogP contribution < -0.4 is 10.6 Å². The molecule has 3 aromatic rings. The number of amides is 1. The van der Waals surface area contributed by atoms with E-state index in [1.165, 1.54) is 0 Å². The second kappa shape index (κ2) is 7.17. The lowest BCUT2D eigenvalue weighted by Gasteiger charge is -2.12. The number of aromatic nitrogens is 2. The molecule has 6 heteroatoms. The number of hydrogen-bond donors (Lipinski definition) is 2. The van der Waals surface area contributed by atoms with Crippen LogP contribution >= 0.6 is 0 Å². The Labute approximate surface area is 146 Å². The first kappa shape index (κ1) is 16.7. The van der Waals surface area contributed by atoms with Crippen molar-refractivity contribution in [2.24, 2.45) is 0 Å². The van der Waals surface area contributed by atoms with Crippen LogP contribution in [0.4, 0.5) is 11.6 Å². The number of hydrogen-bond acceptors (Lipinski definition) is 5. The molecule has 128 valence electrons. The summed E-state index contributed by atoms with van der Waals surface area (Å²) in [5.41, 5.74) is 3.86. The normalized spacial score (nSPS) is 10.5. The zero-order valence-electron chi connectivity index (χ0n) is 14.5. The predicted molar refractivity (Wildman–Crippen MR) is 96.7 cm³/mol. The van der Waals surface area contributed by atoms with E-state index >= 15 is 0 Å². The molecule has 2 N–H and O–H groups in total. The topological polar surface area (TPSA) is 80.0 Å². The lowest BCUT2D eigenvalue weighted by atomic mass is 10.1. The predicted octanol–water partition coefficient (Wildman–Crippen LogP) is 3.86. The minimum atomic E-state index is -0.260. The molecule has 2 heterocycles. The maximum Gasteiger partial charge on any atom is 0.274 e. The van der Waals surface area contributed by atoms with Gasteiger partial charge in [-0.05, 0) is 50.1 Å². The van der Waals surface area contributed by atoms with Gasteiger partial charge in [0.25, 0.3) is 5.91 Å². The summed E-state index contributed by atoms with van der Waals surface area (Å²) in [7, 11) is 0. The summed E-state index contributed by atoms with van der Waals surface area (Å²) in [6.45, 7) is 6.21. The van der Waals surface area contributed by atoms with Crippen LogP contribution in [-0.4, -0.2) is 15.9 Å². The van der Waals surface area contributed by atoms with Crippen molar-refractivity contribution in [3.05, 3.63) is 70.9 Å². The highest BCUT2D eigenvalue weighted by atomic mass is 16.3. The molecule has 1 aromatic carbocycles. The van der Waals surface area contributed by atoms with Crippen LogP contribution in [0, 0.1) is 20.8 Å². The Bertz CT molecular complexity index is 868. The summed E-state index contributed by atoms with van der Waals surface area (Å²) in [5, 5.41) is 6.02. The Morgan fingerprint density at radius 2 is 1.84 bits per heavy atom. The summed E-state index contributed by atoms with van der Waals surface area (Å²) in [5.74, 6) is 0.902. The molecule has 0 spiro atoms. The average molecular weight is 336 g/mol. The standard InChI is InChI=1S/C19H20N4O2/c1-12-6-4-7-13(2)17(12)23-18(24)16-10-14(3)21-19(22-16)20-11-15-8-5-9-25-15/h4-10H,11H2,1-3H3,(H,23,24)(H,20,21,22). The van der Waals surface area contributed by atoms with Crippen molar-refractivity contribution in [1.82, 2.24) is 9.97 Å². The van der Waals surface area contributed by atoms with Gasteiger partial charge in [-0.3, -0.25) is 4.79 Å². The van der Waals surface area contributed by atoms with Gasteiger partial charge in [-0.25, -0.2) is 9.97 Å². The molecule has 0 saturated carbocycles. The fourth-order valence-electron chi connectivity index (χ4n) is 2.53. The van der Waals surface area contributed by atoms with Crippen molar-refractivity contribution in [1.29, 1.82) is 0 Å². The molecule has 0 aliphatic heterocycles. The number of nitrogens with zero attached hydrogens (tertiary/aromatic N) is 2. The Hall–Kier alpha value is -3.15. The van der Waals surface area contributed by atoms with Gasteiger partial charge in [0.1, 0.15) is 11.5 Å². The molecule has 1 amide bonds. The summed E-state index contributed by atoms with van der Waals surface area (Å²) < 4.78 is 5.27. The highest BCUT2D eigenvalue weighted by molar-refractivity contribution is 6.03. The first-order valence-corrected chi connectivity index (χ1v) is 8.02. The Balaban J connectivity index is 1.78. The van der Waals surface area contributed by atoms with Crippen molar-refractivity contribution in [2.75, 3.05) is 10.6 Å². The summed E-state index contributed by atoms with van der Waals surface area (Å²) in [6, 6.07) is 11.2. The minimum absolute atomic E-state index is 0.260. The molecule has 0 bridgehead atoms. The van der Waals surface area contributed by atoms with Crippen LogP contribution in [0.1, 0.15) is 33.1 Å². The van der Waals surface area contributed by atoms with Gasteiger partial charge in [0, 0.05) is 11.4 Å². The van der Waals surface area contributed by atoms with E-state index in [9.17, 15) is 4.79 Å². The SMILES string of the molecule is Cc1cc(C(=O)Nc2c(C)cccc2C)nc(NCc2ccco2)n1. The van der Waals surface area contributed by atoms with E-state index in [4.69, 9.17) is 4.42 Å². The highest BCUT2D eigenvalue weighted by Gasteiger charge is 2.13. The highest BCUT2D eigenvalue weighted by Crippen LogP contribution is 2.20. The number of anilines is 2. The molecule has 2 aromatic heterocycles. The molecule has 6 nitrogen and oxygen atoms in total. The Kier molecular flexibility index (Phi) is 4.79. The van der Waals surface area contributed by atoms with Gasteiger partial charge in [-0.15, -0.1) is 0 Å². The van der Waals surface area contributed by atoms with Crippen molar-refractivity contribution in [3.63, 3.8) is 0 Å². The van der Waals surface area contributed by atoms with Gasteiger partial charge in [0.2, 0.25) is 5.95 Å². The Morgan fingerprint density at radius 3 is 2.52 bits per heavy atom. The van der Waals surface area contributed by atoms with E-state index in [1.807, 2.05) is 51.1 Å². The number of carbonyl (C=O) groups excluding carboxylic acids is 1. The van der Waals surface area contributed by atoms with Crippen molar-refractivity contribution >= 4 is 17.5 Å². The number of benzene rings is 1. The number of nitrogens with one attached hydrogen (secondary N) is 2. The lowest BCUT2D eigenvalue weighted by molar-refractivity contribution is 0.102. The van der Waals surface area contributed by atoms with E-state index in [0.717, 1.165) is 22.6 Å². The van der Waals surface area contributed by atoms with Crippen LogP contribution in [0.3, 0.4) is 0 Å².